The fourth-order valence-corrected chi connectivity index (χ4v) is 2.21. The summed E-state index contributed by atoms with van der Waals surface area (Å²) in [6.07, 6.45) is 4.84. The number of methoxy groups -OCH3 is 1. The van der Waals surface area contributed by atoms with Gasteiger partial charge in [-0.15, -0.1) is 24.0 Å². The molecule has 0 bridgehead atoms. The van der Waals surface area contributed by atoms with Crippen molar-refractivity contribution in [2.45, 2.75) is 52.1 Å². The van der Waals surface area contributed by atoms with E-state index in [-0.39, 0.29) is 29.7 Å². The topological polar surface area (TPSA) is 65.9 Å². The van der Waals surface area contributed by atoms with Crippen molar-refractivity contribution in [2.75, 3.05) is 14.2 Å². The molecule has 5 nitrogen and oxygen atoms in total. The summed E-state index contributed by atoms with van der Waals surface area (Å²) in [5.41, 5.74) is 0.779. The third-order valence-corrected chi connectivity index (χ3v) is 3.58. The molecule has 0 saturated carbocycles. The molecule has 0 saturated heterocycles. The number of unbranched alkanes of at least 4 members (excludes halogenated alkanes) is 2. The van der Waals surface area contributed by atoms with Crippen LogP contribution < -0.4 is 15.4 Å². The van der Waals surface area contributed by atoms with Crippen LogP contribution in [0.3, 0.4) is 0 Å². The highest BCUT2D eigenvalue weighted by molar-refractivity contribution is 14.0. The molecule has 0 aromatic heterocycles. The van der Waals surface area contributed by atoms with E-state index in [0.717, 1.165) is 23.7 Å². The van der Waals surface area contributed by atoms with E-state index >= 15 is 0 Å². The van der Waals surface area contributed by atoms with Crippen molar-refractivity contribution >= 4 is 29.9 Å². The van der Waals surface area contributed by atoms with Gasteiger partial charge in [0.15, 0.2) is 5.96 Å². The zero-order chi connectivity index (χ0) is 16.4. The maximum atomic E-state index is 9.89. The Kier molecular flexibility index (Phi) is 11.6. The number of rotatable bonds is 8. The first kappa shape index (κ1) is 21.8. The molecule has 0 amide bonds. The number of phenolic OH excluding ortho intramolecular Hbond substituents is 1. The third-order valence-electron chi connectivity index (χ3n) is 3.58. The average Bonchev–Trinajstić information content (AvgIpc) is 2.53. The summed E-state index contributed by atoms with van der Waals surface area (Å²) < 4.78 is 5.18. The largest absolute Gasteiger partial charge is 0.508 e. The zero-order valence-corrected chi connectivity index (χ0v) is 16.9. The van der Waals surface area contributed by atoms with E-state index in [4.69, 9.17) is 4.74 Å². The molecule has 0 heterocycles. The summed E-state index contributed by atoms with van der Waals surface area (Å²) in [5, 5.41) is 16.5. The van der Waals surface area contributed by atoms with Crippen LogP contribution in [0, 0.1) is 0 Å². The first-order valence-electron chi connectivity index (χ1n) is 7.93. The Morgan fingerprint density at radius 1 is 1.35 bits per heavy atom. The Hall–Kier alpha value is -1.18. The van der Waals surface area contributed by atoms with Gasteiger partial charge in [-0.25, -0.2) is 0 Å². The van der Waals surface area contributed by atoms with Crippen molar-refractivity contribution in [3.05, 3.63) is 23.8 Å². The van der Waals surface area contributed by atoms with Gasteiger partial charge in [-0.05, 0) is 31.5 Å². The van der Waals surface area contributed by atoms with Crippen molar-refractivity contribution in [3.63, 3.8) is 0 Å². The highest BCUT2D eigenvalue weighted by Crippen LogP contribution is 2.22. The zero-order valence-electron chi connectivity index (χ0n) is 14.6. The molecule has 0 aliphatic carbocycles. The molecule has 0 spiro atoms. The van der Waals surface area contributed by atoms with Crippen LogP contribution in [0.5, 0.6) is 11.5 Å². The molecule has 0 fully saturated rings. The first-order chi connectivity index (χ1) is 10.6. The Balaban J connectivity index is 0.00000484. The number of hydrogen-bond donors (Lipinski definition) is 3. The normalized spacial score (nSPS) is 12.3. The quantitative estimate of drug-likeness (QED) is 0.253. The van der Waals surface area contributed by atoms with Crippen molar-refractivity contribution in [3.8, 4) is 11.5 Å². The lowest BCUT2D eigenvalue weighted by molar-refractivity contribution is 0.410. The van der Waals surface area contributed by atoms with Crippen LogP contribution in [0.25, 0.3) is 0 Å². The molecular weight excluding hydrogens is 405 g/mol. The predicted molar refractivity (Wildman–Crippen MR) is 107 cm³/mol. The second-order valence-electron chi connectivity index (χ2n) is 5.46. The summed E-state index contributed by atoms with van der Waals surface area (Å²) in [5.74, 6) is 1.72. The van der Waals surface area contributed by atoms with Gasteiger partial charge in [0.1, 0.15) is 11.5 Å². The van der Waals surface area contributed by atoms with Crippen LogP contribution >= 0.6 is 24.0 Å². The van der Waals surface area contributed by atoms with Crippen LogP contribution in [-0.2, 0) is 6.54 Å². The highest BCUT2D eigenvalue weighted by atomic mass is 127. The monoisotopic (exact) mass is 435 g/mol. The van der Waals surface area contributed by atoms with E-state index in [0.29, 0.717) is 12.6 Å². The minimum atomic E-state index is 0. The van der Waals surface area contributed by atoms with Crippen molar-refractivity contribution in [2.24, 2.45) is 4.99 Å². The van der Waals surface area contributed by atoms with E-state index in [9.17, 15) is 5.11 Å². The second kappa shape index (κ2) is 12.3. The van der Waals surface area contributed by atoms with Crippen molar-refractivity contribution in [1.82, 2.24) is 10.6 Å². The van der Waals surface area contributed by atoms with Crippen LogP contribution in [0.1, 0.15) is 45.1 Å². The lowest BCUT2D eigenvalue weighted by atomic mass is 10.1. The molecule has 1 unspecified atom stereocenters. The summed E-state index contributed by atoms with van der Waals surface area (Å²) in [6, 6.07) is 5.57. The number of hydrogen-bond acceptors (Lipinski definition) is 3. The number of ether oxygens (including phenoxy) is 1. The average molecular weight is 435 g/mol. The maximum absolute atomic E-state index is 9.89. The lowest BCUT2D eigenvalue weighted by Crippen LogP contribution is -2.41. The number of nitrogens with zero attached hydrogens (tertiary/aromatic N) is 1. The Bertz CT molecular complexity index is 481. The highest BCUT2D eigenvalue weighted by Gasteiger charge is 2.07. The van der Waals surface area contributed by atoms with Crippen LogP contribution in [-0.4, -0.2) is 31.3 Å². The van der Waals surface area contributed by atoms with E-state index in [1.165, 1.54) is 19.3 Å². The van der Waals surface area contributed by atoms with Gasteiger partial charge >= 0.3 is 0 Å². The number of phenols is 1. The fraction of sp³-hybridized carbons (Fsp3) is 0.588. The molecule has 0 aliphatic rings. The van der Waals surface area contributed by atoms with Gasteiger partial charge in [-0.1, -0.05) is 26.2 Å². The summed E-state index contributed by atoms with van der Waals surface area (Å²) >= 11 is 0. The molecule has 0 radical (unpaired) electrons. The summed E-state index contributed by atoms with van der Waals surface area (Å²) in [4.78, 5) is 4.23. The minimum absolute atomic E-state index is 0. The van der Waals surface area contributed by atoms with E-state index in [1.807, 2.05) is 6.07 Å². The van der Waals surface area contributed by atoms with E-state index in [1.54, 1.807) is 26.3 Å². The third kappa shape index (κ3) is 8.29. The van der Waals surface area contributed by atoms with Crippen molar-refractivity contribution < 1.29 is 9.84 Å². The van der Waals surface area contributed by atoms with Crippen LogP contribution in [0.15, 0.2) is 23.2 Å². The molecule has 132 valence electrons. The van der Waals surface area contributed by atoms with E-state index < -0.39 is 0 Å². The molecule has 1 aromatic rings. The van der Waals surface area contributed by atoms with Crippen LogP contribution in [0.2, 0.25) is 0 Å². The Labute approximate surface area is 156 Å². The SMILES string of the molecule is CCCCCC(C)NC(=NC)NCc1cc(OC)ccc1O.I. The van der Waals surface area contributed by atoms with Gasteiger partial charge in [0.25, 0.3) is 0 Å². The molecular formula is C17H30IN3O2. The number of aliphatic imine (C=N–C) groups is 1. The molecule has 6 heteroatoms. The van der Waals surface area contributed by atoms with Gasteiger partial charge < -0.3 is 20.5 Å². The van der Waals surface area contributed by atoms with Gasteiger partial charge in [0.2, 0.25) is 0 Å². The standard InChI is InChI=1S/C17H29N3O2.HI/c1-5-6-7-8-13(2)20-17(18-3)19-12-14-11-15(22-4)9-10-16(14)21;/h9-11,13,21H,5-8,12H2,1-4H3,(H2,18,19,20);1H. The van der Waals surface area contributed by atoms with Gasteiger partial charge in [0.05, 0.1) is 7.11 Å². The van der Waals surface area contributed by atoms with Gasteiger partial charge in [-0.2, -0.15) is 0 Å². The number of benzene rings is 1. The minimum Gasteiger partial charge on any atom is -0.508 e. The molecule has 1 aromatic carbocycles. The Morgan fingerprint density at radius 3 is 2.70 bits per heavy atom. The smallest absolute Gasteiger partial charge is 0.191 e. The second-order valence-corrected chi connectivity index (χ2v) is 5.46. The first-order valence-corrected chi connectivity index (χ1v) is 7.93. The van der Waals surface area contributed by atoms with E-state index in [2.05, 4.69) is 29.5 Å². The van der Waals surface area contributed by atoms with Gasteiger partial charge in [0, 0.05) is 25.2 Å². The molecule has 0 aliphatic heterocycles. The molecule has 3 N–H and O–H groups in total. The number of guanidine groups is 1. The molecule has 23 heavy (non-hydrogen) atoms. The van der Waals surface area contributed by atoms with Gasteiger partial charge in [-0.3, -0.25) is 4.99 Å². The number of aromatic hydroxyl groups is 1. The summed E-state index contributed by atoms with van der Waals surface area (Å²) in [7, 11) is 3.36. The maximum Gasteiger partial charge on any atom is 0.191 e. The fourth-order valence-electron chi connectivity index (χ4n) is 2.21. The lowest BCUT2D eigenvalue weighted by Gasteiger charge is -2.18. The number of nitrogens with one attached hydrogen (secondary N) is 2. The van der Waals surface area contributed by atoms with Crippen molar-refractivity contribution in [1.29, 1.82) is 0 Å². The van der Waals surface area contributed by atoms with Crippen LogP contribution in [0.4, 0.5) is 0 Å². The molecule has 1 rings (SSSR count). The number of halogens is 1. The summed E-state index contributed by atoms with van der Waals surface area (Å²) in [6.45, 7) is 4.86. The predicted octanol–water partition coefficient (Wildman–Crippen LogP) is 3.65. The molecule has 1 atom stereocenters. The Morgan fingerprint density at radius 2 is 2.09 bits per heavy atom.